The van der Waals surface area contributed by atoms with E-state index >= 15 is 0 Å². The van der Waals surface area contributed by atoms with Crippen LogP contribution in [-0.4, -0.2) is 39.9 Å². The highest BCUT2D eigenvalue weighted by molar-refractivity contribution is 5.94. The molecule has 1 amide bonds. The van der Waals surface area contributed by atoms with Crippen LogP contribution in [0, 0.1) is 5.82 Å². The number of likely N-dealkylation sites (tertiary alicyclic amines) is 1. The van der Waals surface area contributed by atoms with Crippen LogP contribution in [0.4, 0.5) is 21.7 Å². The number of pyridine rings is 2. The summed E-state index contributed by atoms with van der Waals surface area (Å²) in [5, 5.41) is 6.05. The van der Waals surface area contributed by atoms with Gasteiger partial charge in [0.2, 0.25) is 5.91 Å². The Balaban J connectivity index is 1.33. The first-order chi connectivity index (χ1) is 15.1. The van der Waals surface area contributed by atoms with Gasteiger partial charge in [0.15, 0.2) is 0 Å². The fraction of sp³-hybridized carbons (Fsp3) is 0.292. The quantitative estimate of drug-likeness (QED) is 0.613. The van der Waals surface area contributed by atoms with Crippen LogP contribution < -0.4 is 10.6 Å². The topological polar surface area (TPSA) is 70.2 Å². The van der Waals surface area contributed by atoms with Gasteiger partial charge < -0.3 is 10.6 Å². The first-order valence-electron chi connectivity index (χ1n) is 10.5. The van der Waals surface area contributed by atoms with Crippen molar-refractivity contribution in [1.82, 2.24) is 14.9 Å². The van der Waals surface area contributed by atoms with Crippen LogP contribution >= 0.6 is 0 Å². The Morgan fingerprint density at radius 2 is 1.84 bits per heavy atom. The Labute approximate surface area is 181 Å². The molecule has 6 nitrogen and oxygen atoms in total. The van der Waals surface area contributed by atoms with E-state index in [4.69, 9.17) is 4.98 Å². The summed E-state index contributed by atoms with van der Waals surface area (Å²) in [7, 11) is 0. The number of halogens is 1. The first kappa shape index (κ1) is 20.9. The van der Waals surface area contributed by atoms with E-state index < -0.39 is 0 Å². The molecule has 7 heteroatoms. The molecule has 160 valence electrons. The van der Waals surface area contributed by atoms with E-state index in [0.717, 1.165) is 43.3 Å². The highest BCUT2D eigenvalue weighted by Gasteiger charge is 2.28. The predicted octanol–water partition coefficient (Wildman–Crippen LogP) is 4.57. The second-order valence-corrected chi connectivity index (χ2v) is 7.77. The molecule has 3 heterocycles. The maximum absolute atomic E-state index is 13.4. The van der Waals surface area contributed by atoms with Gasteiger partial charge in [-0.25, -0.2) is 14.4 Å². The molecule has 2 N–H and O–H groups in total. The number of carbonyl (C=O) groups is 1. The van der Waals surface area contributed by atoms with Gasteiger partial charge in [-0.05, 0) is 75.3 Å². The third kappa shape index (κ3) is 5.44. The second kappa shape index (κ2) is 9.66. The Hall–Kier alpha value is -3.32. The number of hydrogen-bond acceptors (Lipinski definition) is 5. The van der Waals surface area contributed by atoms with Gasteiger partial charge in [0.25, 0.3) is 0 Å². The Bertz CT molecular complexity index is 1020. The lowest BCUT2D eigenvalue weighted by molar-refractivity contribution is -0.121. The van der Waals surface area contributed by atoms with Crippen LogP contribution in [0.2, 0.25) is 0 Å². The maximum atomic E-state index is 13.4. The normalized spacial score (nSPS) is 15.9. The number of nitrogens with one attached hydrogen (secondary N) is 2. The Morgan fingerprint density at radius 3 is 2.58 bits per heavy atom. The van der Waals surface area contributed by atoms with Crippen molar-refractivity contribution in [2.75, 3.05) is 23.7 Å². The lowest BCUT2D eigenvalue weighted by Gasteiger charge is -2.35. The third-order valence-electron chi connectivity index (χ3n) is 5.66. The Morgan fingerprint density at radius 1 is 1.06 bits per heavy atom. The summed E-state index contributed by atoms with van der Waals surface area (Å²) in [6.07, 6.45) is 3.60. The highest BCUT2D eigenvalue weighted by atomic mass is 19.1. The van der Waals surface area contributed by atoms with Crippen molar-refractivity contribution >= 4 is 23.2 Å². The maximum Gasteiger partial charge on any atom is 0.241 e. The molecule has 3 aromatic rings. The van der Waals surface area contributed by atoms with E-state index in [9.17, 15) is 9.18 Å². The first-order valence-corrected chi connectivity index (χ1v) is 10.5. The standard InChI is InChI=1S/C24H26FN5O/c1-17(24(31)27-20-7-4-6-19(25)16-20)30-14-11-18(12-15-30)21-8-5-10-23(28-21)29-22-9-2-3-13-26-22/h2-10,13,16-18H,11-12,14-15H2,1H3,(H,27,31)(H,26,28,29). The summed E-state index contributed by atoms with van der Waals surface area (Å²) in [5.41, 5.74) is 1.53. The van der Waals surface area contributed by atoms with Gasteiger partial charge in [0.1, 0.15) is 17.5 Å². The molecule has 0 spiro atoms. The minimum Gasteiger partial charge on any atom is -0.325 e. The summed E-state index contributed by atoms with van der Waals surface area (Å²) in [6, 6.07) is 17.4. The van der Waals surface area contributed by atoms with E-state index in [1.807, 2.05) is 37.3 Å². The lowest BCUT2D eigenvalue weighted by Crippen LogP contribution is -2.45. The van der Waals surface area contributed by atoms with Gasteiger partial charge in [0, 0.05) is 23.5 Å². The molecule has 1 atom stereocenters. The SMILES string of the molecule is CC(C(=O)Nc1cccc(F)c1)N1CCC(c2cccc(Nc3ccccn3)n2)CC1. The number of amides is 1. The van der Waals surface area contributed by atoms with Crippen molar-refractivity contribution in [3.63, 3.8) is 0 Å². The van der Waals surface area contributed by atoms with Gasteiger partial charge in [-0.15, -0.1) is 0 Å². The van der Waals surface area contributed by atoms with Gasteiger partial charge in [-0.3, -0.25) is 9.69 Å². The van der Waals surface area contributed by atoms with Gasteiger partial charge in [-0.2, -0.15) is 0 Å². The molecule has 1 aromatic carbocycles. The third-order valence-corrected chi connectivity index (χ3v) is 5.66. The molecule has 1 fully saturated rings. The zero-order chi connectivity index (χ0) is 21.6. The van der Waals surface area contributed by atoms with Gasteiger partial charge in [0.05, 0.1) is 6.04 Å². The summed E-state index contributed by atoms with van der Waals surface area (Å²) in [6.45, 7) is 3.51. The van der Waals surface area contributed by atoms with Crippen molar-refractivity contribution in [2.24, 2.45) is 0 Å². The van der Waals surface area contributed by atoms with E-state index in [-0.39, 0.29) is 17.8 Å². The van der Waals surface area contributed by atoms with E-state index in [0.29, 0.717) is 11.6 Å². The summed E-state index contributed by atoms with van der Waals surface area (Å²) in [5.74, 6) is 1.41. The number of anilines is 3. The lowest BCUT2D eigenvalue weighted by atomic mass is 9.92. The molecule has 1 unspecified atom stereocenters. The van der Waals surface area contributed by atoms with Crippen molar-refractivity contribution < 1.29 is 9.18 Å². The Kier molecular flexibility index (Phi) is 6.52. The molecular formula is C24H26FN5O. The van der Waals surface area contributed by atoms with E-state index in [1.54, 1.807) is 18.3 Å². The summed E-state index contributed by atoms with van der Waals surface area (Å²) >= 11 is 0. The largest absolute Gasteiger partial charge is 0.325 e. The summed E-state index contributed by atoms with van der Waals surface area (Å²) < 4.78 is 13.4. The van der Waals surface area contributed by atoms with Crippen LogP contribution in [0.1, 0.15) is 31.4 Å². The number of hydrogen-bond donors (Lipinski definition) is 2. The monoisotopic (exact) mass is 419 g/mol. The number of rotatable bonds is 6. The highest BCUT2D eigenvalue weighted by Crippen LogP contribution is 2.29. The van der Waals surface area contributed by atoms with E-state index in [1.165, 1.54) is 12.1 Å². The van der Waals surface area contributed by atoms with Crippen molar-refractivity contribution in [1.29, 1.82) is 0 Å². The predicted molar refractivity (Wildman–Crippen MR) is 120 cm³/mol. The molecule has 1 aliphatic heterocycles. The number of nitrogens with zero attached hydrogens (tertiary/aromatic N) is 3. The van der Waals surface area contributed by atoms with E-state index in [2.05, 4.69) is 26.6 Å². The zero-order valence-corrected chi connectivity index (χ0v) is 17.5. The minimum atomic E-state index is -0.362. The molecule has 0 aliphatic carbocycles. The van der Waals surface area contributed by atoms with Crippen LogP contribution in [-0.2, 0) is 4.79 Å². The number of carbonyl (C=O) groups excluding carboxylic acids is 1. The fourth-order valence-corrected chi connectivity index (χ4v) is 3.88. The van der Waals surface area contributed by atoms with Crippen molar-refractivity contribution in [3.8, 4) is 0 Å². The molecule has 31 heavy (non-hydrogen) atoms. The molecule has 0 bridgehead atoms. The second-order valence-electron chi connectivity index (χ2n) is 7.77. The van der Waals surface area contributed by atoms with Crippen LogP contribution in [0.25, 0.3) is 0 Å². The number of piperidine rings is 1. The van der Waals surface area contributed by atoms with Gasteiger partial charge >= 0.3 is 0 Å². The average molecular weight is 420 g/mol. The molecule has 1 aliphatic rings. The summed E-state index contributed by atoms with van der Waals surface area (Å²) in [4.78, 5) is 23.8. The van der Waals surface area contributed by atoms with Crippen LogP contribution in [0.5, 0.6) is 0 Å². The van der Waals surface area contributed by atoms with Crippen molar-refractivity contribution in [2.45, 2.75) is 31.7 Å². The molecule has 4 rings (SSSR count). The number of aromatic nitrogens is 2. The zero-order valence-electron chi connectivity index (χ0n) is 17.5. The minimum absolute atomic E-state index is 0.122. The average Bonchev–Trinajstić information content (AvgIpc) is 2.79. The van der Waals surface area contributed by atoms with Crippen LogP contribution in [0.3, 0.4) is 0 Å². The van der Waals surface area contributed by atoms with Crippen LogP contribution in [0.15, 0.2) is 66.9 Å². The molecular weight excluding hydrogens is 393 g/mol. The van der Waals surface area contributed by atoms with Crippen molar-refractivity contribution in [3.05, 3.63) is 78.4 Å². The number of benzene rings is 1. The molecule has 2 aromatic heterocycles. The van der Waals surface area contributed by atoms with Gasteiger partial charge in [-0.1, -0.05) is 18.2 Å². The fourth-order valence-electron chi connectivity index (χ4n) is 3.88. The smallest absolute Gasteiger partial charge is 0.241 e. The molecule has 0 saturated carbocycles. The molecule has 1 saturated heterocycles. The molecule has 0 radical (unpaired) electrons.